The molecule has 1 aromatic rings. The lowest BCUT2D eigenvalue weighted by molar-refractivity contribution is -0.141. The van der Waals surface area contributed by atoms with Crippen LogP contribution in [0.25, 0.3) is 0 Å². The molecule has 0 amide bonds. The summed E-state index contributed by atoms with van der Waals surface area (Å²) < 4.78 is 106. The Bertz CT molecular complexity index is 857. The first-order valence-electron chi connectivity index (χ1n) is 9.26. The van der Waals surface area contributed by atoms with Gasteiger partial charge in [-0.15, -0.1) is 0 Å². The maximum Gasteiger partial charge on any atom is 0.416 e. The summed E-state index contributed by atoms with van der Waals surface area (Å²) in [5.74, 6) is -0.519. The van der Waals surface area contributed by atoms with Gasteiger partial charge in [0.2, 0.25) is 10.0 Å². The molecule has 0 aliphatic rings. The van der Waals surface area contributed by atoms with Crippen molar-refractivity contribution in [3.8, 4) is 0 Å². The molecule has 1 aromatic carbocycles. The highest BCUT2D eigenvalue weighted by Crippen LogP contribution is 2.37. The van der Waals surface area contributed by atoms with Gasteiger partial charge in [-0.2, -0.15) is 42.4 Å². The summed E-state index contributed by atoms with van der Waals surface area (Å²) in [7, 11) is -4.46. The Kier molecular flexibility index (Phi) is 10.1. The quantitative estimate of drug-likeness (QED) is 0.333. The number of sulfonamides is 1. The molecule has 0 aliphatic heterocycles. The molecule has 4 nitrogen and oxygen atoms in total. The van der Waals surface area contributed by atoms with Crippen LogP contribution in [0.4, 0.5) is 26.3 Å². The second-order valence-electron chi connectivity index (χ2n) is 6.78. The van der Waals surface area contributed by atoms with Gasteiger partial charge in [-0.3, -0.25) is 0 Å². The molecule has 0 heterocycles. The van der Waals surface area contributed by atoms with Gasteiger partial charge in [0, 0.05) is 11.8 Å². The number of benzene rings is 1. The van der Waals surface area contributed by atoms with Gasteiger partial charge in [0.15, 0.2) is 0 Å². The Labute approximate surface area is 187 Å². The number of rotatable bonds is 11. The van der Waals surface area contributed by atoms with Crippen LogP contribution in [0.2, 0.25) is 0 Å². The largest absolute Gasteiger partial charge is 0.416 e. The molecule has 1 unspecified atom stereocenters. The van der Waals surface area contributed by atoms with E-state index in [4.69, 9.17) is 18.0 Å². The topological polar surface area (TPSA) is 63.4 Å². The van der Waals surface area contributed by atoms with Crippen LogP contribution in [0.1, 0.15) is 43.4 Å². The van der Waals surface area contributed by atoms with E-state index in [1.165, 1.54) is 11.8 Å². The van der Waals surface area contributed by atoms with Gasteiger partial charge >= 0.3 is 12.4 Å². The number of hydrogen-bond acceptors (Lipinski definition) is 4. The summed E-state index contributed by atoms with van der Waals surface area (Å²) >= 11 is 6.27. The number of thioether (sulfide) groups is 1. The third kappa shape index (κ3) is 8.78. The van der Waals surface area contributed by atoms with E-state index < -0.39 is 51.4 Å². The summed E-state index contributed by atoms with van der Waals surface area (Å²) in [4.78, 5) is -0.195. The second kappa shape index (κ2) is 11.2. The van der Waals surface area contributed by atoms with Crippen LogP contribution in [-0.2, 0) is 28.1 Å². The molecule has 1 rings (SSSR count). The molecule has 0 aliphatic carbocycles. The Balaban J connectivity index is 3.38. The van der Waals surface area contributed by atoms with E-state index in [1.54, 1.807) is 0 Å². The molecule has 0 fully saturated rings. The predicted molar refractivity (Wildman–Crippen MR) is 114 cm³/mol. The Morgan fingerprint density at radius 3 is 2.23 bits per heavy atom. The normalized spacial score (nSPS) is 14.1. The maximum absolute atomic E-state index is 13.3. The fourth-order valence-corrected chi connectivity index (χ4v) is 5.69. The smallest absolute Gasteiger partial charge is 0.392 e. The summed E-state index contributed by atoms with van der Waals surface area (Å²) in [6.45, 7) is 3.28. The first-order valence-corrected chi connectivity index (χ1v) is 12.3. The van der Waals surface area contributed by atoms with Crippen molar-refractivity contribution in [3.63, 3.8) is 0 Å². The van der Waals surface area contributed by atoms with E-state index in [9.17, 15) is 34.8 Å². The molecule has 0 radical (unpaired) electrons. The Hall–Kier alpha value is -1.05. The number of halogens is 6. The van der Waals surface area contributed by atoms with Gasteiger partial charge in [-0.05, 0) is 42.4 Å². The monoisotopic (exact) mass is 510 g/mol. The fourth-order valence-electron chi connectivity index (χ4n) is 2.72. The highest BCUT2D eigenvalue weighted by Gasteiger charge is 2.38. The summed E-state index contributed by atoms with van der Waals surface area (Å²) in [6, 6.07) is 0.750. The minimum atomic E-state index is -5.02. The average Bonchev–Trinajstić information content (AvgIpc) is 2.61. The standard InChI is InChI=1S/C18H24F6N2O2S3/c1-3-7-30-14(4-2)9-26(10-16(25)29)31(27,28)11-12-8-13(17(19,20)21)5-6-15(12)18(22,23)24/h5-6,8,14H,3-4,7,9-11H2,1-2H3,(H2,25,29). The molecule has 0 saturated carbocycles. The van der Waals surface area contributed by atoms with E-state index >= 15 is 0 Å². The van der Waals surface area contributed by atoms with Crippen molar-refractivity contribution in [2.24, 2.45) is 5.73 Å². The molecule has 31 heavy (non-hydrogen) atoms. The zero-order chi connectivity index (χ0) is 24.0. The van der Waals surface area contributed by atoms with Crippen molar-refractivity contribution in [2.45, 2.75) is 50.0 Å². The predicted octanol–water partition coefficient (Wildman–Crippen LogP) is 5.06. The lowest BCUT2D eigenvalue weighted by Crippen LogP contribution is -2.42. The van der Waals surface area contributed by atoms with Crippen LogP contribution >= 0.6 is 24.0 Å². The van der Waals surface area contributed by atoms with E-state index in [0.29, 0.717) is 6.42 Å². The number of nitrogens with zero attached hydrogens (tertiary/aromatic N) is 1. The Morgan fingerprint density at radius 1 is 1.16 bits per heavy atom. The molecule has 0 saturated heterocycles. The fraction of sp³-hybridized carbons (Fsp3) is 0.611. The van der Waals surface area contributed by atoms with Crippen molar-refractivity contribution in [2.75, 3.05) is 18.8 Å². The number of nitrogens with two attached hydrogens (primary N) is 1. The van der Waals surface area contributed by atoms with E-state index in [1.807, 2.05) is 13.8 Å². The van der Waals surface area contributed by atoms with Gasteiger partial charge < -0.3 is 5.73 Å². The SMILES string of the molecule is CCCSC(CC)CN(CC(N)=S)S(=O)(=O)Cc1cc(C(F)(F)F)ccc1C(F)(F)F. The van der Waals surface area contributed by atoms with Crippen molar-refractivity contribution >= 4 is 39.0 Å². The van der Waals surface area contributed by atoms with Crippen LogP contribution in [0.3, 0.4) is 0 Å². The average molecular weight is 511 g/mol. The number of alkyl halides is 6. The molecule has 0 aromatic heterocycles. The second-order valence-corrected chi connectivity index (χ2v) is 10.7. The zero-order valence-electron chi connectivity index (χ0n) is 16.9. The molecular formula is C18H24F6N2O2S3. The molecule has 2 N–H and O–H groups in total. The van der Waals surface area contributed by atoms with Crippen molar-refractivity contribution in [3.05, 3.63) is 34.9 Å². The van der Waals surface area contributed by atoms with Crippen LogP contribution in [0.15, 0.2) is 18.2 Å². The molecular weight excluding hydrogens is 486 g/mol. The van der Waals surface area contributed by atoms with Gasteiger partial charge in [0.05, 0.1) is 28.4 Å². The van der Waals surface area contributed by atoms with Crippen molar-refractivity contribution in [1.29, 1.82) is 0 Å². The lowest BCUT2D eigenvalue weighted by Gasteiger charge is -2.26. The Morgan fingerprint density at radius 2 is 1.77 bits per heavy atom. The number of thiocarbonyl (C=S) groups is 1. The molecule has 0 bridgehead atoms. The third-order valence-corrected chi connectivity index (χ3v) is 7.69. The highest BCUT2D eigenvalue weighted by molar-refractivity contribution is 8.00. The first-order chi connectivity index (χ1) is 14.1. The van der Waals surface area contributed by atoms with Crippen LogP contribution in [0, 0.1) is 0 Å². The first kappa shape index (κ1) is 28.0. The van der Waals surface area contributed by atoms with Crippen LogP contribution in [-0.4, -0.2) is 41.8 Å². The van der Waals surface area contributed by atoms with Gasteiger partial charge in [0.25, 0.3) is 0 Å². The van der Waals surface area contributed by atoms with E-state index in [-0.39, 0.29) is 35.0 Å². The zero-order valence-corrected chi connectivity index (χ0v) is 19.3. The van der Waals surface area contributed by atoms with Crippen molar-refractivity contribution in [1.82, 2.24) is 4.31 Å². The van der Waals surface area contributed by atoms with Crippen LogP contribution < -0.4 is 5.73 Å². The van der Waals surface area contributed by atoms with E-state index in [2.05, 4.69) is 0 Å². The summed E-state index contributed by atoms with van der Waals surface area (Å²) in [5.41, 5.74) is 1.69. The number of hydrogen-bond donors (Lipinski definition) is 1. The molecule has 1 atom stereocenters. The minimum Gasteiger partial charge on any atom is -0.392 e. The van der Waals surface area contributed by atoms with E-state index in [0.717, 1.165) is 16.5 Å². The maximum atomic E-state index is 13.3. The van der Waals surface area contributed by atoms with Crippen LogP contribution in [0.5, 0.6) is 0 Å². The third-order valence-electron chi connectivity index (χ3n) is 4.22. The summed E-state index contributed by atoms with van der Waals surface area (Å²) in [6.07, 6.45) is -8.54. The molecule has 178 valence electrons. The van der Waals surface area contributed by atoms with Gasteiger partial charge in [-0.25, -0.2) is 8.42 Å². The summed E-state index contributed by atoms with van der Waals surface area (Å²) in [5, 5.41) is -0.173. The van der Waals surface area contributed by atoms with Crippen molar-refractivity contribution < 1.29 is 34.8 Å². The lowest BCUT2D eigenvalue weighted by atomic mass is 10.0. The van der Waals surface area contributed by atoms with Gasteiger partial charge in [-0.1, -0.05) is 26.1 Å². The minimum absolute atomic E-state index is 0.0683. The molecule has 0 spiro atoms. The van der Waals surface area contributed by atoms with Gasteiger partial charge in [0.1, 0.15) is 0 Å². The molecule has 13 heteroatoms. The highest BCUT2D eigenvalue weighted by atomic mass is 32.2.